The van der Waals surface area contributed by atoms with Crippen LogP contribution in [-0.2, 0) is 11.3 Å². The first-order valence-electron chi connectivity index (χ1n) is 6.83. The number of amides is 1. The first kappa shape index (κ1) is 17.0. The average molecular weight is 338 g/mol. The summed E-state index contributed by atoms with van der Waals surface area (Å²) in [6, 6.07) is 7.70. The summed E-state index contributed by atoms with van der Waals surface area (Å²) >= 11 is 5.82. The van der Waals surface area contributed by atoms with E-state index < -0.39 is 4.92 Å². The zero-order chi connectivity index (χ0) is 17.0. The highest BCUT2D eigenvalue weighted by Gasteiger charge is 2.17. The van der Waals surface area contributed by atoms with Crippen LogP contribution < -0.4 is 5.32 Å². The predicted molar refractivity (Wildman–Crippen MR) is 86.5 cm³/mol. The molecule has 2 aromatic rings. The third-order valence-corrected chi connectivity index (χ3v) is 3.30. The predicted octanol–water partition coefficient (Wildman–Crippen LogP) is 3.22. The van der Waals surface area contributed by atoms with Gasteiger partial charge in [-0.25, -0.2) is 0 Å². The molecule has 0 saturated heterocycles. The molecule has 122 valence electrons. The number of benzene rings is 1. The molecule has 0 spiro atoms. The summed E-state index contributed by atoms with van der Waals surface area (Å²) in [4.78, 5) is 24.2. The molecule has 1 aromatic heterocycles. The third-order valence-electron chi connectivity index (χ3n) is 3.06. The van der Waals surface area contributed by atoms with Crippen LogP contribution in [0.15, 0.2) is 34.7 Å². The van der Waals surface area contributed by atoms with Crippen LogP contribution in [0, 0.1) is 17.0 Å². The van der Waals surface area contributed by atoms with Crippen LogP contribution in [0.2, 0.25) is 5.02 Å². The Hall–Kier alpha value is -2.38. The molecule has 0 aliphatic heterocycles. The number of aryl methyl sites for hydroxylation is 1. The van der Waals surface area contributed by atoms with Gasteiger partial charge < -0.3 is 9.73 Å². The van der Waals surface area contributed by atoms with Crippen molar-refractivity contribution < 1.29 is 14.1 Å². The Morgan fingerprint density at radius 3 is 2.74 bits per heavy atom. The highest BCUT2D eigenvalue weighted by molar-refractivity contribution is 6.31. The molecule has 0 atom stereocenters. The van der Waals surface area contributed by atoms with E-state index in [1.807, 2.05) is 19.1 Å². The number of rotatable bonds is 6. The van der Waals surface area contributed by atoms with Crippen LogP contribution in [0.5, 0.6) is 0 Å². The highest BCUT2D eigenvalue weighted by Crippen LogP contribution is 2.27. The number of anilines is 1. The molecule has 23 heavy (non-hydrogen) atoms. The molecule has 0 unspecified atom stereocenters. The van der Waals surface area contributed by atoms with Gasteiger partial charge in [-0.1, -0.05) is 11.6 Å². The molecule has 2 rings (SSSR count). The Labute approximate surface area is 138 Å². The second-order valence-electron chi connectivity index (χ2n) is 5.15. The number of carbonyl (C=O) groups excluding carboxylic acids is 1. The van der Waals surface area contributed by atoms with Gasteiger partial charge in [-0.3, -0.25) is 19.8 Å². The van der Waals surface area contributed by atoms with Gasteiger partial charge in [0.1, 0.15) is 17.2 Å². The maximum Gasteiger partial charge on any atom is 0.292 e. The minimum atomic E-state index is -0.568. The maximum absolute atomic E-state index is 12.1. The van der Waals surface area contributed by atoms with Crippen molar-refractivity contribution in [2.24, 2.45) is 0 Å². The topological polar surface area (TPSA) is 88.6 Å². The highest BCUT2D eigenvalue weighted by atomic mass is 35.5. The quantitative estimate of drug-likeness (QED) is 0.645. The molecular weight excluding hydrogens is 322 g/mol. The fourth-order valence-electron chi connectivity index (χ4n) is 2.09. The lowest BCUT2D eigenvalue weighted by Gasteiger charge is -2.15. The molecule has 1 heterocycles. The number of hydrogen-bond acceptors (Lipinski definition) is 5. The number of carbonyl (C=O) groups is 1. The summed E-state index contributed by atoms with van der Waals surface area (Å²) in [7, 11) is 1.75. The number of likely N-dealkylation sites (N-methyl/N-ethyl adjacent to an activating group) is 1. The van der Waals surface area contributed by atoms with Crippen molar-refractivity contribution in [2.75, 3.05) is 18.9 Å². The van der Waals surface area contributed by atoms with Crippen LogP contribution in [-0.4, -0.2) is 29.3 Å². The summed E-state index contributed by atoms with van der Waals surface area (Å²) in [6.45, 7) is 2.36. The average Bonchev–Trinajstić information content (AvgIpc) is 2.83. The van der Waals surface area contributed by atoms with Crippen molar-refractivity contribution in [3.8, 4) is 0 Å². The van der Waals surface area contributed by atoms with Gasteiger partial charge in [-0.05, 0) is 38.2 Å². The lowest BCUT2D eigenvalue weighted by atomic mass is 10.2. The molecule has 0 bridgehead atoms. The number of halogens is 1. The van der Waals surface area contributed by atoms with E-state index >= 15 is 0 Å². The fraction of sp³-hybridized carbons (Fsp3) is 0.267. The smallest absolute Gasteiger partial charge is 0.292 e. The minimum absolute atomic E-state index is 0.0589. The number of nitrogens with one attached hydrogen (secondary N) is 1. The lowest BCUT2D eigenvalue weighted by Crippen LogP contribution is -2.29. The first-order chi connectivity index (χ1) is 10.8. The maximum atomic E-state index is 12.1. The molecule has 0 fully saturated rings. The van der Waals surface area contributed by atoms with Crippen LogP contribution in [0.25, 0.3) is 0 Å². The van der Waals surface area contributed by atoms with Crippen molar-refractivity contribution in [1.29, 1.82) is 0 Å². The standard InChI is InChI=1S/C15H16ClN3O4/c1-10-3-5-12(23-10)8-18(2)9-15(20)17-13-7-11(16)4-6-14(13)19(21)22/h3-7H,8-9H2,1-2H3,(H,17,20). The number of nitrogens with zero attached hydrogens (tertiary/aromatic N) is 2. The van der Waals surface area contributed by atoms with Gasteiger partial charge in [0.15, 0.2) is 0 Å². The number of nitro benzene ring substituents is 1. The molecule has 0 aliphatic carbocycles. The van der Waals surface area contributed by atoms with Crippen LogP contribution in [0.3, 0.4) is 0 Å². The lowest BCUT2D eigenvalue weighted by molar-refractivity contribution is -0.383. The van der Waals surface area contributed by atoms with Gasteiger partial charge in [0.25, 0.3) is 5.69 Å². The summed E-state index contributed by atoms with van der Waals surface area (Å²) in [5.41, 5.74) is -0.123. The van der Waals surface area contributed by atoms with Gasteiger partial charge in [0, 0.05) is 11.1 Å². The third kappa shape index (κ3) is 4.80. The summed E-state index contributed by atoms with van der Waals surface area (Å²) in [5.74, 6) is 1.17. The van der Waals surface area contributed by atoms with Crippen LogP contribution in [0.1, 0.15) is 11.5 Å². The Bertz CT molecular complexity index is 729. The number of furan rings is 1. The van der Waals surface area contributed by atoms with E-state index in [4.69, 9.17) is 16.0 Å². The van der Waals surface area contributed by atoms with Crippen LogP contribution >= 0.6 is 11.6 Å². The van der Waals surface area contributed by atoms with E-state index in [1.54, 1.807) is 11.9 Å². The summed E-state index contributed by atoms with van der Waals surface area (Å²) in [5, 5.41) is 13.8. The molecule has 7 nitrogen and oxygen atoms in total. The summed E-state index contributed by atoms with van der Waals surface area (Å²) < 4.78 is 5.44. The largest absolute Gasteiger partial charge is 0.465 e. The van der Waals surface area contributed by atoms with Gasteiger partial charge in [-0.2, -0.15) is 0 Å². The Balaban J connectivity index is 1.99. The van der Waals surface area contributed by atoms with E-state index in [9.17, 15) is 14.9 Å². The van der Waals surface area contributed by atoms with Crippen molar-refractivity contribution >= 4 is 28.9 Å². The molecular formula is C15H16ClN3O4. The molecule has 0 saturated carbocycles. The van der Waals surface area contributed by atoms with Crippen molar-refractivity contribution in [3.63, 3.8) is 0 Å². The number of hydrogen-bond donors (Lipinski definition) is 1. The normalized spacial score (nSPS) is 10.8. The molecule has 0 radical (unpaired) electrons. The Morgan fingerprint density at radius 1 is 1.39 bits per heavy atom. The monoisotopic (exact) mass is 337 g/mol. The van der Waals surface area contributed by atoms with E-state index in [0.717, 1.165) is 11.5 Å². The second-order valence-corrected chi connectivity index (χ2v) is 5.59. The van der Waals surface area contributed by atoms with Gasteiger partial charge in [0.05, 0.1) is 18.0 Å². The second kappa shape index (κ2) is 7.26. The zero-order valence-electron chi connectivity index (χ0n) is 12.7. The van der Waals surface area contributed by atoms with Crippen LogP contribution in [0.4, 0.5) is 11.4 Å². The first-order valence-corrected chi connectivity index (χ1v) is 7.20. The van der Waals surface area contributed by atoms with Crippen molar-refractivity contribution in [2.45, 2.75) is 13.5 Å². The molecule has 1 aromatic carbocycles. The van der Waals surface area contributed by atoms with Crippen molar-refractivity contribution in [3.05, 3.63) is 57.0 Å². The fourth-order valence-corrected chi connectivity index (χ4v) is 2.27. The van der Waals surface area contributed by atoms with Gasteiger partial charge >= 0.3 is 0 Å². The molecule has 8 heteroatoms. The molecule has 1 N–H and O–H groups in total. The van der Waals surface area contributed by atoms with E-state index in [1.165, 1.54) is 18.2 Å². The van der Waals surface area contributed by atoms with E-state index in [2.05, 4.69) is 5.32 Å². The zero-order valence-corrected chi connectivity index (χ0v) is 13.5. The molecule has 0 aliphatic rings. The van der Waals surface area contributed by atoms with E-state index in [-0.39, 0.29) is 23.8 Å². The minimum Gasteiger partial charge on any atom is -0.465 e. The Kier molecular flexibility index (Phi) is 5.36. The SMILES string of the molecule is Cc1ccc(CN(C)CC(=O)Nc2cc(Cl)ccc2[N+](=O)[O-])o1. The van der Waals surface area contributed by atoms with Gasteiger partial charge in [-0.15, -0.1) is 0 Å². The Morgan fingerprint density at radius 2 is 2.13 bits per heavy atom. The summed E-state index contributed by atoms with van der Waals surface area (Å²) in [6.07, 6.45) is 0. The van der Waals surface area contributed by atoms with E-state index in [0.29, 0.717) is 11.6 Å². The van der Waals surface area contributed by atoms with Gasteiger partial charge in [0.2, 0.25) is 5.91 Å². The van der Waals surface area contributed by atoms with Crippen molar-refractivity contribution in [1.82, 2.24) is 4.90 Å². The molecule has 1 amide bonds. The number of nitro groups is 1.